The summed E-state index contributed by atoms with van der Waals surface area (Å²) in [5.74, 6) is 4.18. The lowest BCUT2D eigenvalue weighted by atomic mass is 10.4. The maximum Gasteiger partial charge on any atom is 0.117 e. The van der Waals surface area contributed by atoms with Gasteiger partial charge in [0.2, 0.25) is 0 Å². The van der Waals surface area contributed by atoms with Crippen LogP contribution < -0.4 is 5.32 Å². The van der Waals surface area contributed by atoms with E-state index in [1.54, 1.807) is 7.11 Å². The van der Waals surface area contributed by atoms with Crippen LogP contribution in [-0.4, -0.2) is 26.0 Å². The summed E-state index contributed by atoms with van der Waals surface area (Å²) < 4.78 is 10.7. The van der Waals surface area contributed by atoms with Gasteiger partial charge in [0.05, 0.1) is 12.3 Å². The zero-order chi connectivity index (χ0) is 12.3. The normalized spacial score (nSPS) is 10.9. The number of hydrogen-bond acceptors (Lipinski definition) is 4. The molecule has 0 spiro atoms. The summed E-state index contributed by atoms with van der Waals surface area (Å²) in [6.07, 6.45) is 2.26. The van der Waals surface area contributed by atoms with Crippen LogP contribution in [0.5, 0.6) is 0 Å². The fourth-order valence-electron chi connectivity index (χ4n) is 1.46. The Hall–Kier alpha value is -0.450. The zero-order valence-corrected chi connectivity index (χ0v) is 11.6. The van der Waals surface area contributed by atoms with Gasteiger partial charge in [-0.3, -0.25) is 0 Å². The maximum absolute atomic E-state index is 5.72. The fraction of sp³-hybridized carbons (Fsp3) is 0.692. The van der Waals surface area contributed by atoms with Gasteiger partial charge in [0.25, 0.3) is 0 Å². The molecule has 1 rings (SSSR count). The Bertz CT molecular complexity index is 289. The molecule has 1 aromatic heterocycles. The standard InChI is InChI=1S/C13H23NO2S/c1-3-7-14-10-12-5-6-13(16-12)11-17-9-4-8-15-2/h5-6,14H,3-4,7-11H2,1-2H3. The van der Waals surface area contributed by atoms with Crippen LogP contribution in [0.25, 0.3) is 0 Å². The third-order valence-corrected chi connectivity index (χ3v) is 3.39. The van der Waals surface area contributed by atoms with Crippen molar-refractivity contribution in [3.8, 4) is 0 Å². The molecule has 0 bridgehead atoms. The second kappa shape index (κ2) is 9.57. The number of thioether (sulfide) groups is 1. The van der Waals surface area contributed by atoms with Crippen LogP contribution in [0.15, 0.2) is 16.5 Å². The van der Waals surface area contributed by atoms with Crippen LogP contribution >= 0.6 is 11.8 Å². The van der Waals surface area contributed by atoms with Crippen molar-refractivity contribution < 1.29 is 9.15 Å². The van der Waals surface area contributed by atoms with E-state index in [-0.39, 0.29) is 0 Å². The molecule has 0 aliphatic carbocycles. The van der Waals surface area contributed by atoms with E-state index in [1.807, 2.05) is 11.8 Å². The summed E-state index contributed by atoms with van der Waals surface area (Å²) in [7, 11) is 1.74. The number of ether oxygens (including phenoxy) is 1. The summed E-state index contributed by atoms with van der Waals surface area (Å²) in [5.41, 5.74) is 0. The monoisotopic (exact) mass is 257 g/mol. The van der Waals surface area contributed by atoms with Crippen LogP contribution in [0, 0.1) is 0 Å². The van der Waals surface area contributed by atoms with E-state index in [0.29, 0.717) is 0 Å². The van der Waals surface area contributed by atoms with E-state index in [9.17, 15) is 0 Å². The van der Waals surface area contributed by atoms with Crippen molar-refractivity contribution in [2.75, 3.05) is 26.0 Å². The molecule has 0 unspecified atom stereocenters. The molecule has 1 heterocycles. The predicted molar refractivity (Wildman–Crippen MR) is 73.4 cm³/mol. The summed E-state index contributed by atoms with van der Waals surface area (Å²) >= 11 is 1.89. The summed E-state index contributed by atoms with van der Waals surface area (Å²) in [6.45, 7) is 4.89. The average molecular weight is 257 g/mol. The SMILES string of the molecule is CCCNCc1ccc(CSCCCOC)o1. The Labute approximate surface area is 108 Å². The first-order valence-corrected chi connectivity index (χ1v) is 7.37. The molecule has 1 aromatic rings. The predicted octanol–water partition coefficient (Wildman–Crippen LogP) is 3.05. The molecule has 98 valence electrons. The minimum absolute atomic E-state index is 0.835. The summed E-state index contributed by atoms with van der Waals surface area (Å²) in [4.78, 5) is 0. The topological polar surface area (TPSA) is 34.4 Å². The van der Waals surface area contributed by atoms with Gasteiger partial charge < -0.3 is 14.5 Å². The van der Waals surface area contributed by atoms with Gasteiger partial charge in [-0.25, -0.2) is 0 Å². The van der Waals surface area contributed by atoms with Crippen molar-refractivity contribution in [1.82, 2.24) is 5.32 Å². The number of nitrogens with one attached hydrogen (secondary N) is 1. The highest BCUT2D eigenvalue weighted by molar-refractivity contribution is 7.98. The van der Waals surface area contributed by atoms with Crippen molar-refractivity contribution >= 4 is 11.8 Å². The molecule has 0 atom stereocenters. The summed E-state index contributed by atoms with van der Waals surface area (Å²) in [6, 6.07) is 4.14. The second-order valence-corrected chi connectivity index (χ2v) is 5.05. The molecule has 0 aliphatic heterocycles. The van der Waals surface area contributed by atoms with E-state index in [2.05, 4.69) is 24.4 Å². The van der Waals surface area contributed by atoms with E-state index < -0.39 is 0 Å². The highest BCUT2D eigenvalue weighted by atomic mass is 32.2. The van der Waals surface area contributed by atoms with Crippen LogP contribution in [0.4, 0.5) is 0 Å². The van der Waals surface area contributed by atoms with Crippen molar-refractivity contribution in [2.45, 2.75) is 32.1 Å². The Kier molecular flexibility index (Phi) is 8.22. The summed E-state index contributed by atoms with van der Waals surface area (Å²) in [5, 5.41) is 3.33. The molecule has 0 radical (unpaired) electrons. The average Bonchev–Trinajstić information content (AvgIpc) is 2.77. The Morgan fingerprint density at radius 3 is 2.94 bits per heavy atom. The van der Waals surface area contributed by atoms with Gasteiger partial charge in [-0.2, -0.15) is 11.8 Å². The maximum atomic E-state index is 5.72. The lowest BCUT2D eigenvalue weighted by Crippen LogP contribution is -2.12. The van der Waals surface area contributed by atoms with Gasteiger partial charge in [0.1, 0.15) is 11.5 Å². The first-order chi connectivity index (χ1) is 8.36. The van der Waals surface area contributed by atoms with Gasteiger partial charge in [-0.05, 0) is 37.3 Å². The van der Waals surface area contributed by atoms with Crippen molar-refractivity contribution in [1.29, 1.82) is 0 Å². The number of hydrogen-bond donors (Lipinski definition) is 1. The van der Waals surface area contributed by atoms with Gasteiger partial charge in [-0.15, -0.1) is 0 Å². The first kappa shape index (κ1) is 14.6. The molecule has 0 fully saturated rings. The highest BCUT2D eigenvalue weighted by Gasteiger charge is 2.01. The van der Waals surface area contributed by atoms with Crippen LogP contribution in [0.1, 0.15) is 31.3 Å². The number of rotatable bonds is 10. The number of furan rings is 1. The molecule has 4 heteroatoms. The molecular weight excluding hydrogens is 234 g/mol. The van der Waals surface area contributed by atoms with Gasteiger partial charge in [0, 0.05) is 13.7 Å². The first-order valence-electron chi connectivity index (χ1n) is 6.21. The second-order valence-electron chi connectivity index (χ2n) is 3.94. The molecule has 0 aliphatic rings. The molecule has 0 aromatic carbocycles. The zero-order valence-electron chi connectivity index (χ0n) is 10.8. The Balaban J connectivity index is 2.12. The minimum Gasteiger partial charge on any atom is -0.464 e. The molecule has 0 amide bonds. The molecule has 0 saturated carbocycles. The smallest absolute Gasteiger partial charge is 0.117 e. The van der Waals surface area contributed by atoms with Crippen molar-refractivity contribution in [3.63, 3.8) is 0 Å². The molecule has 0 saturated heterocycles. The molecule has 3 nitrogen and oxygen atoms in total. The molecular formula is C13H23NO2S. The van der Waals surface area contributed by atoms with Crippen LogP contribution in [-0.2, 0) is 17.0 Å². The fourth-order valence-corrected chi connectivity index (χ4v) is 2.28. The van der Waals surface area contributed by atoms with Gasteiger partial charge >= 0.3 is 0 Å². The van der Waals surface area contributed by atoms with E-state index >= 15 is 0 Å². The van der Waals surface area contributed by atoms with Crippen LogP contribution in [0.3, 0.4) is 0 Å². The van der Waals surface area contributed by atoms with E-state index in [0.717, 1.165) is 55.6 Å². The van der Waals surface area contributed by atoms with Crippen molar-refractivity contribution in [3.05, 3.63) is 23.7 Å². The minimum atomic E-state index is 0.835. The largest absolute Gasteiger partial charge is 0.464 e. The lowest BCUT2D eigenvalue weighted by Gasteiger charge is -2.00. The van der Waals surface area contributed by atoms with Crippen molar-refractivity contribution in [2.24, 2.45) is 0 Å². The lowest BCUT2D eigenvalue weighted by molar-refractivity contribution is 0.200. The highest BCUT2D eigenvalue weighted by Crippen LogP contribution is 2.16. The van der Waals surface area contributed by atoms with E-state index in [1.165, 1.54) is 0 Å². The third kappa shape index (κ3) is 6.76. The number of methoxy groups -OCH3 is 1. The third-order valence-electron chi connectivity index (χ3n) is 2.32. The Morgan fingerprint density at radius 2 is 2.18 bits per heavy atom. The Morgan fingerprint density at radius 1 is 1.35 bits per heavy atom. The molecule has 17 heavy (non-hydrogen) atoms. The van der Waals surface area contributed by atoms with Crippen LogP contribution in [0.2, 0.25) is 0 Å². The van der Waals surface area contributed by atoms with Gasteiger partial charge in [-0.1, -0.05) is 6.92 Å². The van der Waals surface area contributed by atoms with Gasteiger partial charge in [0.15, 0.2) is 0 Å². The van der Waals surface area contributed by atoms with E-state index in [4.69, 9.17) is 9.15 Å². The quantitative estimate of drug-likeness (QED) is 0.653. The molecule has 1 N–H and O–H groups in total.